The molecule has 3 atom stereocenters. The van der Waals surface area contributed by atoms with E-state index in [9.17, 15) is 5.11 Å². The predicted molar refractivity (Wildman–Crippen MR) is 81.9 cm³/mol. The minimum absolute atomic E-state index is 0.131. The fourth-order valence-electron chi connectivity index (χ4n) is 2.58. The van der Waals surface area contributed by atoms with E-state index in [4.69, 9.17) is 9.47 Å². The molecule has 0 aromatic carbocycles. The first-order valence-corrected chi connectivity index (χ1v) is 7.75. The molecule has 1 rings (SSSR count). The van der Waals surface area contributed by atoms with Gasteiger partial charge in [0.25, 0.3) is 0 Å². The topological polar surface area (TPSA) is 50.7 Å². The maximum Gasteiger partial charge on any atom is 0.0765 e. The lowest BCUT2D eigenvalue weighted by atomic mass is 9.64. The summed E-state index contributed by atoms with van der Waals surface area (Å²) >= 11 is 0. The van der Waals surface area contributed by atoms with E-state index in [1.54, 1.807) is 7.11 Å². The number of methoxy groups -OCH3 is 1. The molecular weight excluding hydrogens is 254 g/mol. The van der Waals surface area contributed by atoms with Gasteiger partial charge >= 0.3 is 0 Å². The molecule has 120 valence electrons. The Morgan fingerprint density at radius 2 is 2.05 bits per heavy atom. The zero-order valence-electron chi connectivity index (χ0n) is 14.0. The molecule has 1 saturated carbocycles. The molecular formula is C16H33NO3. The van der Waals surface area contributed by atoms with E-state index in [1.807, 2.05) is 6.92 Å². The Kier molecular flexibility index (Phi) is 6.45. The van der Waals surface area contributed by atoms with Crippen LogP contribution in [0.2, 0.25) is 0 Å². The molecule has 20 heavy (non-hydrogen) atoms. The van der Waals surface area contributed by atoms with Crippen LogP contribution in [0, 0.1) is 11.3 Å². The van der Waals surface area contributed by atoms with E-state index in [-0.39, 0.29) is 5.41 Å². The zero-order valence-corrected chi connectivity index (χ0v) is 14.0. The molecule has 0 heterocycles. The van der Waals surface area contributed by atoms with Crippen LogP contribution in [0.15, 0.2) is 0 Å². The largest absolute Gasteiger partial charge is 0.389 e. The monoisotopic (exact) mass is 287 g/mol. The Hall–Kier alpha value is -0.160. The number of aliphatic hydroxyl groups is 1. The van der Waals surface area contributed by atoms with Gasteiger partial charge in [0, 0.05) is 44.7 Å². The van der Waals surface area contributed by atoms with Crippen molar-refractivity contribution in [3.8, 4) is 0 Å². The van der Waals surface area contributed by atoms with Crippen molar-refractivity contribution >= 4 is 0 Å². The highest BCUT2D eigenvalue weighted by Gasteiger charge is 2.49. The van der Waals surface area contributed by atoms with Crippen molar-refractivity contribution in [2.75, 3.05) is 26.9 Å². The van der Waals surface area contributed by atoms with Crippen LogP contribution in [-0.2, 0) is 9.47 Å². The molecule has 0 aromatic rings. The van der Waals surface area contributed by atoms with E-state index in [2.05, 4.69) is 33.0 Å². The van der Waals surface area contributed by atoms with Gasteiger partial charge in [0.05, 0.1) is 11.7 Å². The summed E-state index contributed by atoms with van der Waals surface area (Å²) in [6.07, 6.45) is 2.00. The molecule has 2 N–H and O–H groups in total. The van der Waals surface area contributed by atoms with Crippen molar-refractivity contribution in [1.82, 2.24) is 5.32 Å². The smallest absolute Gasteiger partial charge is 0.0765 e. The summed E-state index contributed by atoms with van der Waals surface area (Å²) in [4.78, 5) is 0. The Bertz CT molecular complexity index is 289. The van der Waals surface area contributed by atoms with Gasteiger partial charge in [-0.15, -0.1) is 0 Å². The summed E-state index contributed by atoms with van der Waals surface area (Å²) in [6, 6.07) is 0.411. The second kappa shape index (κ2) is 7.21. The van der Waals surface area contributed by atoms with Crippen molar-refractivity contribution in [3.05, 3.63) is 0 Å². The van der Waals surface area contributed by atoms with Crippen LogP contribution >= 0.6 is 0 Å². The van der Waals surface area contributed by atoms with Gasteiger partial charge in [0.1, 0.15) is 0 Å². The fourth-order valence-corrected chi connectivity index (χ4v) is 2.58. The van der Waals surface area contributed by atoms with Gasteiger partial charge in [0.2, 0.25) is 0 Å². The Morgan fingerprint density at radius 1 is 1.40 bits per heavy atom. The van der Waals surface area contributed by atoms with Gasteiger partial charge in [-0.05, 0) is 19.3 Å². The van der Waals surface area contributed by atoms with Crippen LogP contribution in [0.3, 0.4) is 0 Å². The van der Waals surface area contributed by atoms with Gasteiger partial charge in [-0.3, -0.25) is 0 Å². The quantitative estimate of drug-likeness (QED) is 0.682. The first-order chi connectivity index (χ1) is 9.19. The number of hydrogen-bond donors (Lipinski definition) is 2. The van der Waals surface area contributed by atoms with E-state index in [0.29, 0.717) is 37.6 Å². The van der Waals surface area contributed by atoms with Crippen molar-refractivity contribution in [1.29, 1.82) is 0 Å². The highest BCUT2D eigenvalue weighted by molar-refractivity contribution is 5.03. The summed E-state index contributed by atoms with van der Waals surface area (Å²) in [6.45, 7) is 12.7. The third kappa shape index (κ3) is 4.99. The Morgan fingerprint density at radius 3 is 2.55 bits per heavy atom. The first kappa shape index (κ1) is 17.9. The predicted octanol–water partition coefficient (Wildman–Crippen LogP) is 2.20. The van der Waals surface area contributed by atoms with Crippen LogP contribution in [0.5, 0.6) is 0 Å². The van der Waals surface area contributed by atoms with Gasteiger partial charge < -0.3 is 19.9 Å². The van der Waals surface area contributed by atoms with Crippen molar-refractivity contribution in [3.63, 3.8) is 0 Å². The highest BCUT2D eigenvalue weighted by Crippen LogP contribution is 2.43. The lowest BCUT2D eigenvalue weighted by Crippen LogP contribution is -2.62. The molecule has 0 aliphatic heterocycles. The number of rotatable bonds is 9. The Labute approximate surface area is 124 Å². The number of hydrogen-bond acceptors (Lipinski definition) is 4. The Balaban J connectivity index is 2.33. The molecule has 4 heteroatoms. The van der Waals surface area contributed by atoms with E-state index in [1.165, 1.54) is 0 Å². The zero-order chi connectivity index (χ0) is 15.4. The SMILES string of the molecule is COCCC(C)(O)CNC1CC(OCC(C)C)C1(C)C. The number of nitrogens with one attached hydrogen (secondary N) is 1. The maximum absolute atomic E-state index is 10.3. The summed E-state index contributed by atoms with van der Waals surface area (Å²) < 4.78 is 11.0. The second-order valence-corrected chi connectivity index (χ2v) is 7.45. The van der Waals surface area contributed by atoms with Crippen LogP contribution < -0.4 is 5.32 Å². The third-order valence-electron chi connectivity index (χ3n) is 4.38. The second-order valence-electron chi connectivity index (χ2n) is 7.45. The number of ether oxygens (including phenoxy) is 2. The normalized spacial score (nSPS) is 28.2. The van der Waals surface area contributed by atoms with Crippen LogP contribution in [0.4, 0.5) is 0 Å². The lowest BCUT2D eigenvalue weighted by molar-refractivity contribution is -0.127. The molecule has 1 aliphatic carbocycles. The van der Waals surface area contributed by atoms with Crippen LogP contribution in [0.25, 0.3) is 0 Å². The summed E-state index contributed by atoms with van der Waals surface area (Å²) in [5, 5.41) is 13.7. The lowest BCUT2D eigenvalue weighted by Gasteiger charge is -2.52. The van der Waals surface area contributed by atoms with Gasteiger partial charge in [-0.1, -0.05) is 27.7 Å². The maximum atomic E-state index is 10.3. The van der Waals surface area contributed by atoms with Crippen molar-refractivity contribution in [2.24, 2.45) is 11.3 Å². The molecule has 4 nitrogen and oxygen atoms in total. The molecule has 0 aromatic heterocycles. The van der Waals surface area contributed by atoms with Crippen molar-refractivity contribution in [2.45, 2.75) is 65.2 Å². The minimum Gasteiger partial charge on any atom is -0.389 e. The van der Waals surface area contributed by atoms with Crippen LogP contribution in [-0.4, -0.2) is 49.7 Å². The average molecular weight is 287 g/mol. The third-order valence-corrected chi connectivity index (χ3v) is 4.38. The molecule has 1 fully saturated rings. The summed E-state index contributed by atoms with van der Waals surface area (Å²) in [5.41, 5.74) is -0.581. The molecule has 0 spiro atoms. The molecule has 0 bridgehead atoms. The average Bonchev–Trinajstić information content (AvgIpc) is 2.34. The highest BCUT2D eigenvalue weighted by atomic mass is 16.5. The summed E-state index contributed by atoms with van der Waals surface area (Å²) in [5.74, 6) is 0.576. The minimum atomic E-state index is -0.712. The molecule has 1 aliphatic rings. The molecule has 3 unspecified atom stereocenters. The van der Waals surface area contributed by atoms with Gasteiger partial charge in [0.15, 0.2) is 0 Å². The van der Waals surface area contributed by atoms with E-state index < -0.39 is 5.60 Å². The van der Waals surface area contributed by atoms with E-state index >= 15 is 0 Å². The van der Waals surface area contributed by atoms with Crippen LogP contribution in [0.1, 0.15) is 47.5 Å². The van der Waals surface area contributed by atoms with Crippen molar-refractivity contribution < 1.29 is 14.6 Å². The molecule has 0 amide bonds. The molecule has 0 radical (unpaired) electrons. The fraction of sp³-hybridized carbons (Fsp3) is 1.00. The standard InChI is InChI=1S/C16H33NO3/c1-12(2)10-20-14-9-13(15(14,3)4)17-11-16(5,18)7-8-19-6/h12-14,17-18H,7-11H2,1-6H3. The van der Waals surface area contributed by atoms with E-state index in [0.717, 1.165) is 13.0 Å². The first-order valence-electron chi connectivity index (χ1n) is 7.75. The van der Waals surface area contributed by atoms with Gasteiger partial charge in [-0.25, -0.2) is 0 Å². The van der Waals surface area contributed by atoms with Gasteiger partial charge in [-0.2, -0.15) is 0 Å². The molecule has 0 saturated heterocycles. The summed E-state index contributed by atoms with van der Waals surface area (Å²) in [7, 11) is 1.66.